The summed E-state index contributed by atoms with van der Waals surface area (Å²) in [5.74, 6) is 0.938. The van der Waals surface area contributed by atoms with Crippen LogP contribution in [0.2, 0.25) is 10.0 Å². The van der Waals surface area contributed by atoms with E-state index in [2.05, 4.69) is 32.4 Å². The van der Waals surface area contributed by atoms with E-state index >= 15 is 0 Å². The topological polar surface area (TPSA) is 109 Å². The Morgan fingerprint density at radius 2 is 1.43 bits per heavy atom. The van der Waals surface area contributed by atoms with Crippen molar-refractivity contribution >= 4 is 23.2 Å². The average Bonchev–Trinajstić information content (AvgIpc) is 3.50. The lowest BCUT2D eigenvalue weighted by molar-refractivity contribution is 0.226. The number of allylic oxidation sites excluding steroid dienone is 1. The van der Waals surface area contributed by atoms with Crippen molar-refractivity contribution in [1.82, 2.24) is 40.8 Å². The van der Waals surface area contributed by atoms with Crippen LogP contribution < -0.4 is 25.4 Å². The molecule has 10 nitrogen and oxygen atoms in total. The molecule has 12 heteroatoms. The fraction of sp³-hybridized carbons (Fsp3) is 0.353. The lowest BCUT2D eigenvalue weighted by atomic mass is 9.98. The zero-order chi connectivity index (χ0) is 32.0. The molecule has 0 saturated carbocycles. The van der Waals surface area contributed by atoms with Crippen LogP contribution in [-0.4, -0.2) is 77.8 Å². The lowest BCUT2D eigenvalue weighted by Gasteiger charge is -2.27. The predicted octanol–water partition coefficient (Wildman–Crippen LogP) is 5.35. The number of nitrogens with one attached hydrogen (secondary N) is 3. The van der Waals surface area contributed by atoms with E-state index in [1.54, 1.807) is 26.6 Å². The maximum atomic E-state index is 7.06. The van der Waals surface area contributed by atoms with Crippen LogP contribution in [0.1, 0.15) is 24.2 Å². The van der Waals surface area contributed by atoms with Crippen LogP contribution in [0.3, 0.4) is 0 Å². The van der Waals surface area contributed by atoms with Crippen molar-refractivity contribution in [3.63, 3.8) is 0 Å². The van der Waals surface area contributed by atoms with Gasteiger partial charge in [-0.05, 0) is 12.8 Å². The highest BCUT2D eigenvalue weighted by Crippen LogP contribution is 2.42. The quantitative estimate of drug-likeness (QED) is 0.195. The summed E-state index contributed by atoms with van der Waals surface area (Å²) in [5, 5.41) is 11.2. The van der Waals surface area contributed by atoms with Gasteiger partial charge in [-0.2, -0.15) is 0 Å². The monoisotopic (exact) mass is 660 g/mol. The molecule has 0 spiro atoms. The summed E-state index contributed by atoms with van der Waals surface area (Å²) >= 11 is 14.1. The smallest absolute Gasteiger partial charge is 0.237 e. The van der Waals surface area contributed by atoms with Gasteiger partial charge in [0.1, 0.15) is 11.4 Å². The van der Waals surface area contributed by atoms with Crippen molar-refractivity contribution in [3.05, 3.63) is 82.5 Å². The normalized spacial score (nSPS) is 16.8. The zero-order valence-electron chi connectivity index (χ0n) is 26.1. The largest absolute Gasteiger partial charge is 0.480 e. The van der Waals surface area contributed by atoms with Crippen LogP contribution in [0.4, 0.5) is 0 Å². The van der Waals surface area contributed by atoms with Crippen LogP contribution >= 0.6 is 23.2 Å². The van der Waals surface area contributed by atoms with Gasteiger partial charge < -0.3 is 25.4 Å². The maximum absolute atomic E-state index is 7.06. The summed E-state index contributed by atoms with van der Waals surface area (Å²) in [6, 6.07) is 11.9. The van der Waals surface area contributed by atoms with E-state index < -0.39 is 0 Å². The molecular weight excluding hydrogens is 623 g/mol. The van der Waals surface area contributed by atoms with Gasteiger partial charge in [-0.25, -0.2) is 9.97 Å². The molecule has 0 unspecified atom stereocenters. The van der Waals surface area contributed by atoms with E-state index in [9.17, 15) is 0 Å². The minimum absolute atomic E-state index is 0.369. The average molecular weight is 662 g/mol. The number of nitrogens with zero attached hydrogens (tertiary/aromatic N) is 5. The Morgan fingerprint density at radius 1 is 0.870 bits per heavy atom. The van der Waals surface area contributed by atoms with Crippen LogP contribution in [0, 0.1) is 0 Å². The Morgan fingerprint density at radius 3 is 2.00 bits per heavy atom. The fourth-order valence-electron chi connectivity index (χ4n) is 5.87. The van der Waals surface area contributed by atoms with E-state index in [1.165, 1.54) is 0 Å². The summed E-state index contributed by atoms with van der Waals surface area (Å²) in [4.78, 5) is 21.3. The van der Waals surface area contributed by atoms with Gasteiger partial charge in [0.15, 0.2) is 0 Å². The molecule has 240 valence electrons. The molecule has 0 aliphatic carbocycles. The standard InChI is InChI=1S/C34H38Cl2N8O2/c1-21-10-11-22(41-21)16-38-17-29-33(45-2)42-27(18-39-29)25-8-4-6-23(31(25)35)24-7-5-9-26(32(24)36)28-19-40-30(34(43-28)46-3)20-44-14-12-37-13-15-44/h4-9,18-19,22,37-38,41H,1,10-17,20H2,2-3H3/t22-/m0/s1. The fourth-order valence-corrected chi connectivity index (χ4v) is 6.52. The molecular formula is C34H38Cl2N8O2. The molecule has 2 aliphatic rings. The first-order chi connectivity index (χ1) is 22.4. The van der Waals surface area contributed by atoms with Crippen LogP contribution in [0.15, 0.2) is 61.1 Å². The number of hydrogen-bond donors (Lipinski definition) is 3. The summed E-state index contributed by atoms with van der Waals surface area (Å²) in [6.45, 7) is 9.83. The molecule has 2 saturated heterocycles. The van der Waals surface area contributed by atoms with Gasteiger partial charge in [-0.15, -0.1) is 0 Å². The van der Waals surface area contributed by atoms with E-state index in [4.69, 9.17) is 47.6 Å². The Bertz CT molecular complexity index is 1710. The molecule has 0 bridgehead atoms. The second kappa shape index (κ2) is 14.7. The molecule has 4 aromatic rings. The third kappa shape index (κ3) is 7.11. The number of ether oxygens (including phenoxy) is 2. The highest BCUT2D eigenvalue weighted by Gasteiger charge is 2.21. The van der Waals surface area contributed by atoms with Crippen LogP contribution in [0.25, 0.3) is 33.6 Å². The number of aromatic nitrogens is 4. The van der Waals surface area contributed by atoms with Gasteiger partial charge >= 0.3 is 0 Å². The summed E-state index contributed by atoms with van der Waals surface area (Å²) < 4.78 is 11.3. The minimum Gasteiger partial charge on any atom is -0.480 e. The molecule has 46 heavy (non-hydrogen) atoms. The highest BCUT2D eigenvalue weighted by atomic mass is 35.5. The van der Waals surface area contributed by atoms with Crippen molar-refractivity contribution < 1.29 is 9.47 Å². The Kier molecular flexibility index (Phi) is 10.3. The Hall–Kier alpha value is -3.80. The van der Waals surface area contributed by atoms with Gasteiger partial charge in [0.2, 0.25) is 11.8 Å². The number of piperazine rings is 1. The van der Waals surface area contributed by atoms with Crippen molar-refractivity contribution in [1.29, 1.82) is 0 Å². The zero-order valence-corrected chi connectivity index (χ0v) is 27.6. The molecule has 2 aliphatic heterocycles. The number of halogens is 2. The number of rotatable bonds is 11. The maximum Gasteiger partial charge on any atom is 0.237 e. The summed E-state index contributed by atoms with van der Waals surface area (Å²) in [6.07, 6.45) is 5.55. The number of methoxy groups -OCH3 is 2. The molecule has 3 N–H and O–H groups in total. The van der Waals surface area contributed by atoms with E-state index in [-0.39, 0.29) is 0 Å². The third-order valence-electron chi connectivity index (χ3n) is 8.32. The predicted molar refractivity (Wildman–Crippen MR) is 182 cm³/mol. The van der Waals surface area contributed by atoms with Crippen molar-refractivity contribution in [2.75, 3.05) is 46.9 Å². The SMILES string of the molecule is C=C1CC[C@@H](CNCc2ncc(-c3cccc(-c4cccc(-c5cnc(CN6CCNCC6)c(OC)n5)c4Cl)c3Cl)nc2OC)N1. The Balaban J connectivity index is 1.24. The van der Waals surface area contributed by atoms with E-state index in [0.29, 0.717) is 52.3 Å². The molecule has 0 amide bonds. The highest BCUT2D eigenvalue weighted by molar-refractivity contribution is 6.39. The number of benzene rings is 2. The van der Waals surface area contributed by atoms with Crippen molar-refractivity contribution in [2.45, 2.75) is 32.0 Å². The van der Waals surface area contributed by atoms with Gasteiger partial charge in [-0.3, -0.25) is 14.9 Å². The molecule has 6 rings (SSSR count). The van der Waals surface area contributed by atoms with Gasteiger partial charge in [0.05, 0.1) is 48.0 Å². The van der Waals surface area contributed by atoms with Gasteiger partial charge in [0.25, 0.3) is 0 Å². The number of hydrogen-bond acceptors (Lipinski definition) is 10. The summed E-state index contributed by atoms with van der Waals surface area (Å²) in [7, 11) is 3.21. The van der Waals surface area contributed by atoms with E-state index in [1.807, 2.05) is 36.4 Å². The van der Waals surface area contributed by atoms with Crippen LogP contribution in [-0.2, 0) is 13.1 Å². The van der Waals surface area contributed by atoms with Crippen LogP contribution in [0.5, 0.6) is 11.8 Å². The van der Waals surface area contributed by atoms with Gasteiger partial charge in [0, 0.05) is 79.8 Å². The van der Waals surface area contributed by atoms with Gasteiger partial charge in [-0.1, -0.05) is 66.2 Å². The molecule has 2 aromatic heterocycles. The second-order valence-corrected chi connectivity index (χ2v) is 12.2. The first kappa shape index (κ1) is 32.2. The summed E-state index contributed by atoms with van der Waals surface area (Å²) in [5.41, 5.74) is 6.81. The Labute approximate surface area is 279 Å². The molecule has 1 atom stereocenters. The first-order valence-corrected chi connectivity index (χ1v) is 16.2. The third-order valence-corrected chi connectivity index (χ3v) is 9.13. The van der Waals surface area contributed by atoms with E-state index in [0.717, 1.165) is 84.9 Å². The first-order valence-electron chi connectivity index (χ1n) is 15.4. The second-order valence-electron chi connectivity index (χ2n) is 11.4. The van der Waals surface area contributed by atoms with Crippen molar-refractivity contribution in [2.24, 2.45) is 0 Å². The minimum atomic E-state index is 0.369. The lowest BCUT2D eigenvalue weighted by Crippen LogP contribution is -2.43. The molecule has 2 fully saturated rings. The van der Waals surface area contributed by atoms with Crippen molar-refractivity contribution in [3.8, 4) is 45.4 Å². The molecule has 0 radical (unpaired) electrons. The molecule has 4 heterocycles. The molecule has 2 aromatic carbocycles.